The van der Waals surface area contributed by atoms with Crippen LogP contribution in [-0.4, -0.2) is 35.8 Å². The van der Waals surface area contributed by atoms with E-state index < -0.39 is 21.0 Å². The highest BCUT2D eigenvalue weighted by molar-refractivity contribution is 7.89. The maximum Gasteiger partial charge on any atom is 0.342 e. The summed E-state index contributed by atoms with van der Waals surface area (Å²) in [6.07, 6.45) is 2.58. The van der Waals surface area contributed by atoms with Gasteiger partial charge in [-0.25, -0.2) is 23.3 Å². The fourth-order valence-electron chi connectivity index (χ4n) is 1.42. The van der Waals surface area contributed by atoms with Gasteiger partial charge in [-0.15, -0.1) is 11.3 Å². The molecule has 10 heteroatoms. The molecule has 8 nitrogen and oxygen atoms in total. The van der Waals surface area contributed by atoms with Crippen molar-refractivity contribution in [2.24, 2.45) is 5.14 Å². The minimum atomic E-state index is -4.14. The van der Waals surface area contributed by atoms with Crippen molar-refractivity contribution >= 4 is 27.3 Å². The van der Waals surface area contributed by atoms with Crippen molar-refractivity contribution in [1.82, 2.24) is 14.8 Å². The second-order valence-corrected chi connectivity index (χ2v) is 5.71. The van der Waals surface area contributed by atoms with Crippen LogP contribution in [0, 0.1) is 0 Å². The number of aromatic nitrogens is 3. The molecule has 2 heterocycles. The molecule has 0 aliphatic carbocycles. The fraction of sp³-hybridized carbons (Fsp3) is 0.222. The van der Waals surface area contributed by atoms with E-state index in [9.17, 15) is 13.2 Å². The SMILES string of the molecule is CCOC(=O)c1cnn(-c2nccs2)c1S(N)(=O)=O. The second-order valence-electron chi connectivity index (χ2n) is 3.36. The number of thiazole rings is 1. The number of hydrogen-bond acceptors (Lipinski definition) is 7. The third-order valence-electron chi connectivity index (χ3n) is 2.09. The minimum absolute atomic E-state index is 0.116. The first-order valence-electron chi connectivity index (χ1n) is 5.13. The van der Waals surface area contributed by atoms with Gasteiger partial charge in [0.05, 0.1) is 12.8 Å². The van der Waals surface area contributed by atoms with Gasteiger partial charge in [0.1, 0.15) is 5.56 Å². The Labute approximate surface area is 112 Å². The van der Waals surface area contributed by atoms with Gasteiger partial charge in [0.15, 0.2) is 5.03 Å². The maximum absolute atomic E-state index is 11.7. The molecule has 2 aromatic heterocycles. The third-order valence-corrected chi connectivity index (χ3v) is 3.77. The molecular formula is C9H10N4O4S2. The molecule has 2 aromatic rings. The number of nitrogens with zero attached hydrogens (tertiary/aromatic N) is 3. The lowest BCUT2D eigenvalue weighted by Crippen LogP contribution is -2.20. The van der Waals surface area contributed by atoms with Crippen LogP contribution in [-0.2, 0) is 14.8 Å². The number of rotatable bonds is 4. The number of nitrogens with two attached hydrogens (primary N) is 1. The molecule has 0 saturated carbocycles. The largest absolute Gasteiger partial charge is 0.462 e. The predicted octanol–water partition coefficient (Wildman–Crippen LogP) is 0.153. The molecule has 0 amide bonds. The van der Waals surface area contributed by atoms with Gasteiger partial charge in [-0.2, -0.15) is 9.78 Å². The Kier molecular flexibility index (Phi) is 3.64. The average molecular weight is 302 g/mol. The van der Waals surface area contributed by atoms with E-state index >= 15 is 0 Å². The molecule has 0 bridgehead atoms. The van der Waals surface area contributed by atoms with Gasteiger partial charge in [-0.3, -0.25) is 0 Å². The number of sulfonamides is 1. The van der Waals surface area contributed by atoms with E-state index in [0.29, 0.717) is 5.13 Å². The molecule has 2 N–H and O–H groups in total. The summed E-state index contributed by atoms with van der Waals surface area (Å²) in [6, 6.07) is 0. The van der Waals surface area contributed by atoms with E-state index in [1.165, 1.54) is 6.20 Å². The summed E-state index contributed by atoms with van der Waals surface area (Å²) >= 11 is 1.16. The lowest BCUT2D eigenvalue weighted by atomic mass is 10.4. The lowest BCUT2D eigenvalue weighted by molar-refractivity contribution is 0.0521. The van der Waals surface area contributed by atoms with E-state index in [0.717, 1.165) is 22.2 Å². The Hall–Kier alpha value is -1.78. The Bertz CT molecular complexity index is 690. The second kappa shape index (κ2) is 5.07. The van der Waals surface area contributed by atoms with Crippen LogP contribution >= 0.6 is 11.3 Å². The van der Waals surface area contributed by atoms with Crippen LogP contribution in [0.25, 0.3) is 5.13 Å². The standard InChI is InChI=1S/C9H10N4O4S2/c1-2-17-8(14)6-5-12-13(7(6)19(10,15)16)9-11-3-4-18-9/h3-5H,2H2,1H3,(H2,10,15,16). The van der Waals surface area contributed by atoms with Gasteiger partial charge in [-0.1, -0.05) is 0 Å². The number of hydrogen-bond donors (Lipinski definition) is 1. The van der Waals surface area contributed by atoms with Crippen LogP contribution in [0.4, 0.5) is 0 Å². The fourth-order valence-corrected chi connectivity index (χ4v) is 2.90. The zero-order valence-electron chi connectivity index (χ0n) is 9.81. The molecular weight excluding hydrogens is 292 g/mol. The van der Waals surface area contributed by atoms with Crippen molar-refractivity contribution in [3.8, 4) is 5.13 Å². The minimum Gasteiger partial charge on any atom is -0.462 e. The Balaban J connectivity index is 2.62. The van der Waals surface area contributed by atoms with Crippen molar-refractivity contribution in [2.45, 2.75) is 11.9 Å². The molecule has 102 valence electrons. The predicted molar refractivity (Wildman–Crippen MR) is 66.6 cm³/mol. The first-order chi connectivity index (χ1) is 8.95. The summed E-state index contributed by atoms with van der Waals surface area (Å²) in [6.45, 7) is 1.73. The summed E-state index contributed by atoms with van der Waals surface area (Å²) in [7, 11) is -4.14. The molecule has 0 aromatic carbocycles. The van der Waals surface area contributed by atoms with Gasteiger partial charge in [-0.05, 0) is 6.92 Å². The maximum atomic E-state index is 11.7. The molecule has 0 fully saturated rings. The van der Waals surface area contributed by atoms with Gasteiger partial charge in [0.25, 0.3) is 10.0 Å². The Morgan fingerprint density at radius 2 is 2.32 bits per heavy atom. The van der Waals surface area contributed by atoms with Crippen LogP contribution in [0.2, 0.25) is 0 Å². The topological polar surface area (TPSA) is 117 Å². The molecule has 0 unspecified atom stereocenters. The molecule has 0 aliphatic rings. The van der Waals surface area contributed by atoms with Crippen molar-refractivity contribution in [1.29, 1.82) is 0 Å². The van der Waals surface area contributed by atoms with Crippen LogP contribution in [0.5, 0.6) is 0 Å². The molecule has 0 radical (unpaired) electrons. The van der Waals surface area contributed by atoms with Crippen LogP contribution in [0.15, 0.2) is 22.8 Å². The first kappa shape index (κ1) is 13.6. The highest BCUT2D eigenvalue weighted by atomic mass is 32.2. The van der Waals surface area contributed by atoms with Crippen molar-refractivity contribution in [2.75, 3.05) is 6.61 Å². The lowest BCUT2D eigenvalue weighted by Gasteiger charge is -2.04. The Morgan fingerprint density at radius 3 is 2.84 bits per heavy atom. The summed E-state index contributed by atoms with van der Waals surface area (Å²) in [5.41, 5.74) is -0.209. The van der Waals surface area contributed by atoms with E-state index in [1.54, 1.807) is 12.3 Å². The zero-order chi connectivity index (χ0) is 14.0. The molecule has 19 heavy (non-hydrogen) atoms. The summed E-state index contributed by atoms with van der Waals surface area (Å²) < 4.78 is 29.0. The Morgan fingerprint density at radius 1 is 1.58 bits per heavy atom. The van der Waals surface area contributed by atoms with Crippen molar-refractivity contribution in [3.05, 3.63) is 23.3 Å². The van der Waals surface area contributed by atoms with Crippen molar-refractivity contribution in [3.63, 3.8) is 0 Å². The summed E-state index contributed by atoms with van der Waals surface area (Å²) in [4.78, 5) is 15.6. The van der Waals surface area contributed by atoms with Crippen LogP contribution in [0.3, 0.4) is 0 Å². The summed E-state index contributed by atoms with van der Waals surface area (Å²) in [5.74, 6) is -0.797. The number of carbonyl (C=O) groups excluding carboxylic acids is 1. The van der Waals surface area contributed by atoms with Gasteiger partial charge >= 0.3 is 5.97 Å². The average Bonchev–Trinajstić information content (AvgIpc) is 2.97. The molecule has 0 aliphatic heterocycles. The van der Waals surface area contributed by atoms with Crippen LogP contribution < -0.4 is 5.14 Å². The first-order valence-corrected chi connectivity index (χ1v) is 7.55. The summed E-state index contributed by atoms with van der Waals surface area (Å²) in [5, 5.41) is 10.5. The normalized spacial score (nSPS) is 11.5. The van der Waals surface area contributed by atoms with E-state index in [1.807, 2.05) is 0 Å². The van der Waals surface area contributed by atoms with Crippen LogP contribution in [0.1, 0.15) is 17.3 Å². The third kappa shape index (κ3) is 2.64. The van der Waals surface area contributed by atoms with Gasteiger partial charge in [0, 0.05) is 11.6 Å². The van der Waals surface area contributed by atoms with E-state index in [-0.39, 0.29) is 12.2 Å². The highest BCUT2D eigenvalue weighted by Gasteiger charge is 2.28. The highest BCUT2D eigenvalue weighted by Crippen LogP contribution is 2.21. The molecule has 2 rings (SSSR count). The number of primary sulfonamides is 1. The van der Waals surface area contributed by atoms with E-state index in [4.69, 9.17) is 9.88 Å². The quantitative estimate of drug-likeness (QED) is 0.803. The zero-order valence-corrected chi connectivity index (χ0v) is 11.4. The van der Waals surface area contributed by atoms with Gasteiger partial charge < -0.3 is 4.74 Å². The smallest absolute Gasteiger partial charge is 0.342 e. The van der Waals surface area contributed by atoms with E-state index in [2.05, 4.69) is 10.1 Å². The molecule has 0 spiro atoms. The number of carbonyl (C=O) groups is 1. The number of esters is 1. The molecule has 0 saturated heterocycles. The van der Waals surface area contributed by atoms with Crippen molar-refractivity contribution < 1.29 is 17.9 Å². The van der Waals surface area contributed by atoms with Gasteiger partial charge in [0.2, 0.25) is 5.13 Å². The molecule has 0 atom stereocenters. The monoisotopic (exact) mass is 302 g/mol. The number of ether oxygens (including phenoxy) is 1.